The number of hydrogen-bond donors (Lipinski definition) is 0. The van der Waals surface area contributed by atoms with Crippen LogP contribution in [-0.4, -0.2) is 4.57 Å². The Morgan fingerprint density at radius 1 is 0.349 bits per heavy atom. The van der Waals surface area contributed by atoms with Gasteiger partial charge >= 0.3 is 0 Å². The van der Waals surface area contributed by atoms with E-state index < -0.39 is 0 Å². The molecule has 0 radical (unpaired) electrons. The van der Waals surface area contributed by atoms with Crippen LogP contribution in [0.2, 0.25) is 0 Å². The number of benzene rings is 11. The minimum absolute atomic E-state index is 0.104. The molecular weight excluding hydrogens is 761 g/mol. The molecule has 2 heteroatoms. The normalized spacial score (nSPS) is 13.0. The summed E-state index contributed by atoms with van der Waals surface area (Å²) in [5.74, 6) is 0. The summed E-state index contributed by atoms with van der Waals surface area (Å²) in [4.78, 5) is 2.41. The fraction of sp³-hybridized carbons (Fsp3) is 0.0492. The third kappa shape index (κ3) is 5.38. The van der Waals surface area contributed by atoms with Gasteiger partial charge in [0.1, 0.15) is 0 Å². The average Bonchev–Trinajstić information content (AvgIpc) is 3.79. The maximum atomic E-state index is 2.45. The van der Waals surface area contributed by atoms with Gasteiger partial charge in [-0.15, -0.1) is 0 Å². The van der Waals surface area contributed by atoms with E-state index in [1.165, 1.54) is 98.6 Å². The molecule has 1 aromatic heterocycles. The van der Waals surface area contributed by atoms with Gasteiger partial charge in [0.25, 0.3) is 0 Å². The highest BCUT2D eigenvalue weighted by molar-refractivity contribution is 6.33. The molecule has 0 amide bonds. The molecule has 11 aromatic carbocycles. The van der Waals surface area contributed by atoms with Crippen LogP contribution in [0.1, 0.15) is 25.0 Å². The first kappa shape index (κ1) is 35.8. The summed E-state index contributed by atoms with van der Waals surface area (Å²) in [7, 11) is 0. The maximum absolute atomic E-state index is 2.45. The largest absolute Gasteiger partial charge is 0.310 e. The van der Waals surface area contributed by atoms with Crippen LogP contribution in [0.5, 0.6) is 0 Å². The first-order valence-corrected chi connectivity index (χ1v) is 22.0. The van der Waals surface area contributed by atoms with Gasteiger partial charge in [0.2, 0.25) is 0 Å². The van der Waals surface area contributed by atoms with E-state index in [0.717, 1.165) is 22.7 Å². The number of nitrogens with zero attached hydrogens (tertiary/aromatic N) is 2. The molecular formula is C61H42N2. The van der Waals surface area contributed by atoms with Crippen LogP contribution in [0.25, 0.3) is 93.2 Å². The number of anilines is 3. The zero-order chi connectivity index (χ0) is 41.8. The molecule has 0 spiro atoms. The Bertz CT molecular complexity index is 3710. The number of rotatable bonds is 6. The average molecular weight is 803 g/mol. The molecule has 0 fully saturated rings. The summed E-state index contributed by atoms with van der Waals surface area (Å²) in [6.45, 7) is 4.72. The molecule has 12 aromatic rings. The summed E-state index contributed by atoms with van der Waals surface area (Å²) in [5, 5.41) is 10.4. The Hall–Kier alpha value is -7.94. The Morgan fingerprint density at radius 3 is 1.68 bits per heavy atom. The monoisotopic (exact) mass is 802 g/mol. The van der Waals surface area contributed by atoms with Gasteiger partial charge in [-0.3, -0.25) is 0 Å². The molecule has 296 valence electrons. The highest BCUT2D eigenvalue weighted by Crippen LogP contribution is 2.51. The van der Waals surface area contributed by atoms with Gasteiger partial charge in [-0.1, -0.05) is 166 Å². The van der Waals surface area contributed by atoms with Crippen LogP contribution in [0.4, 0.5) is 17.1 Å². The van der Waals surface area contributed by atoms with Gasteiger partial charge in [0.15, 0.2) is 0 Å². The second-order valence-corrected chi connectivity index (χ2v) is 17.7. The lowest BCUT2D eigenvalue weighted by Crippen LogP contribution is -2.16. The first-order chi connectivity index (χ1) is 31.0. The van der Waals surface area contributed by atoms with Crippen LogP contribution >= 0.6 is 0 Å². The van der Waals surface area contributed by atoms with E-state index in [1.54, 1.807) is 0 Å². The van der Waals surface area contributed by atoms with Crippen molar-refractivity contribution in [1.29, 1.82) is 0 Å². The van der Waals surface area contributed by atoms with Gasteiger partial charge in [-0.2, -0.15) is 0 Å². The standard InChI is InChI=1S/C61H42N2/c1-61(2)54-19-10-9-18-50(54)51-34-32-49(38-55(51)61)62(47-28-22-40(23-29-47)39-12-5-3-6-13-39)48-30-24-41(25-31-48)44-27-35-56-53(36-44)60-52-33-26-43-15-11-14-42-20-21-45(59(52)58(42)43)37-57(60)63(56)46-16-7-4-8-17-46/h3-38H,1-2H3. The maximum Gasteiger partial charge on any atom is 0.0553 e. The zero-order valence-corrected chi connectivity index (χ0v) is 35.2. The van der Waals surface area contributed by atoms with Crippen molar-refractivity contribution >= 4 is 71.2 Å². The molecule has 0 saturated carbocycles. The van der Waals surface area contributed by atoms with E-state index >= 15 is 0 Å². The molecule has 0 atom stereocenters. The molecule has 0 N–H and O–H groups in total. The fourth-order valence-electron chi connectivity index (χ4n) is 10.9. The summed E-state index contributed by atoms with van der Waals surface area (Å²) in [6.07, 6.45) is 0. The summed E-state index contributed by atoms with van der Waals surface area (Å²) < 4.78 is 2.45. The Balaban J connectivity index is 0.964. The molecule has 1 heterocycles. The smallest absolute Gasteiger partial charge is 0.0553 e. The predicted molar refractivity (Wildman–Crippen MR) is 268 cm³/mol. The Morgan fingerprint density at radius 2 is 0.937 bits per heavy atom. The van der Waals surface area contributed by atoms with Crippen molar-refractivity contribution < 1.29 is 0 Å². The second-order valence-electron chi connectivity index (χ2n) is 17.7. The molecule has 1 aliphatic rings. The molecule has 63 heavy (non-hydrogen) atoms. The van der Waals surface area contributed by atoms with E-state index in [0.29, 0.717) is 0 Å². The molecule has 0 unspecified atom stereocenters. The summed E-state index contributed by atoms with van der Waals surface area (Å²) in [5.41, 5.74) is 17.1. The van der Waals surface area contributed by atoms with Gasteiger partial charge < -0.3 is 9.47 Å². The zero-order valence-electron chi connectivity index (χ0n) is 35.2. The van der Waals surface area contributed by atoms with Crippen molar-refractivity contribution in [2.24, 2.45) is 0 Å². The quantitative estimate of drug-likeness (QED) is 0.152. The van der Waals surface area contributed by atoms with Crippen LogP contribution in [0.3, 0.4) is 0 Å². The van der Waals surface area contributed by atoms with Crippen LogP contribution in [0.15, 0.2) is 218 Å². The van der Waals surface area contributed by atoms with E-state index in [9.17, 15) is 0 Å². The number of hydrogen-bond acceptors (Lipinski definition) is 1. The van der Waals surface area contributed by atoms with Crippen molar-refractivity contribution in [1.82, 2.24) is 4.57 Å². The van der Waals surface area contributed by atoms with Crippen LogP contribution in [0, 0.1) is 0 Å². The van der Waals surface area contributed by atoms with Gasteiger partial charge in [0, 0.05) is 38.9 Å². The van der Waals surface area contributed by atoms with Crippen molar-refractivity contribution in [3.63, 3.8) is 0 Å². The lowest BCUT2D eigenvalue weighted by Gasteiger charge is -2.28. The highest BCUT2D eigenvalue weighted by Gasteiger charge is 2.35. The number of aromatic nitrogens is 1. The van der Waals surface area contributed by atoms with Crippen molar-refractivity contribution in [2.45, 2.75) is 19.3 Å². The lowest BCUT2D eigenvalue weighted by molar-refractivity contribution is 0.660. The van der Waals surface area contributed by atoms with E-state index in [-0.39, 0.29) is 5.41 Å². The third-order valence-corrected chi connectivity index (χ3v) is 13.9. The van der Waals surface area contributed by atoms with Gasteiger partial charge in [0.05, 0.1) is 11.0 Å². The molecule has 0 saturated heterocycles. The summed E-state index contributed by atoms with van der Waals surface area (Å²) >= 11 is 0. The van der Waals surface area contributed by atoms with Crippen LogP contribution in [-0.2, 0) is 5.41 Å². The van der Waals surface area contributed by atoms with Crippen molar-refractivity contribution in [3.8, 4) is 39.1 Å². The minimum atomic E-state index is -0.104. The van der Waals surface area contributed by atoms with Crippen molar-refractivity contribution in [3.05, 3.63) is 230 Å². The molecule has 1 aliphatic carbocycles. The molecule has 13 rings (SSSR count). The van der Waals surface area contributed by atoms with Gasteiger partial charge in [-0.25, -0.2) is 0 Å². The van der Waals surface area contributed by atoms with Crippen LogP contribution < -0.4 is 4.90 Å². The predicted octanol–water partition coefficient (Wildman–Crippen LogP) is 16.8. The number of fused-ring (bicyclic) bond motifs is 7. The van der Waals surface area contributed by atoms with E-state index in [2.05, 4.69) is 242 Å². The third-order valence-electron chi connectivity index (χ3n) is 13.9. The topological polar surface area (TPSA) is 8.17 Å². The summed E-state index contributed by atoms with van der Waals surface area (Å²) in [6, 6.07) is 80.9. The first-order valence-electron chi connectivity index (χ1n) is 22.0. The SMILES string of the molecule is CC1(C)c2ccccc2-c2ccc(N(c3ccc(-c4ccccc4)cc3)c3ccc(-c4ccc5c(c4)c4c6ccc7cccc8ccc(cc4n5-c4ccccc4)c6c87)cc3)cc21. The molecule has 0 aliphatic heterocycles. The highest BCUT2D eigenvalue weighted by atomic mass is 15.1. The van der Waals surface area contributed by atoms with Crippen molar-refractivity contribution in [2.75, 3.05) is 4.90 Å². The number of para-hydroxylation sites is 1. The van der Waals surface area contributed by atoms with E-state index in [4.69, 9.17) is 0 Å². The Labute approximate surface area is 366 Å². The van der Waals surface area contributed by atoms with Gasteiger partial charge in [-0.05, 0) is 144 Å². The Kier molecular flexibility index (Phi) is 7.68. The van der Waals surface area contributed by atoms with E-state index in [1.807, 2.05) is 0 Å². The minimum Gasteiger partial charge on any atom is -0.310 e. The second kappa shape index (κ2) is 13.5. The fourth-order valence-corrected chi connectivity index (χ4v) is 10.9. The lowest BCUT2D eigenvalue weighted by atomic mass is 9.82. The molecule has 0 bridgehead atoms. The molecule has 2 nitrogen and oxygen atoms in total.